The Morgan fingerprint density at radius 3 is 2.76 bits per heavy atom. The fourth-order valence-corrected chi connectivity index (χ4v) is 3.05. The van der Waals surface area contributed by atoms with Gasteiger partial charge in [0, 0.05) is 33.6 Å². The summed E-state index contributed by atoms with van der Waals surface area (Å²) in [7, 11) is 0. The Bertz CT molecular complexity index is 412. The molecule has 0 aliphatic carbocycles. The van der Waals surface area contributed by atoms with Crippen molar-refractivity contribution in [3.05, 3.63) is 31.8 Å². The Balaban J connectivity index is 0.00000144. The Morgan fingerprint density at radius 2 is 2.24 bits per heavy atom. The summed E-state index contributed by atoms with van der Waals surface area (Å²) >= 11 is 5.56. The Hall–Kier alpha value is 0.150. The van der Waals surface area contributed by atoms with Crippen LogP contribution in [0.25, 0.3) is 0 Å². The fourth-order valence-electron chi connectivity index (χ4n) is 1.50. The lowest BCUT2D eigenvalue weighted by Crippen LogP contribution is -2.48. The number of hydrogen-bond acceptors (Lipinski definition) is 2. The van der Waals surface area contributed by atoms with Gasteiger partial charge in [0.15, 0.2) is 0 Å². The van der Waals surface area contributed by atoms with Crippen molar-refractivity contribution in [3.63, 3.8) is 0 Å². The molecule has 1 fully saturated rings. The molecule has 0 radical (unpaired) electrons. The molecule has 0 aromatic heterocycles. The maximum atomic E-state index is 11.9. The Kier molecular flexibility index (Phi) is 6.19. The number of benzene rings is 1. The third-order valence-corrected chi connectivity index (χ3v) is 3.98. The molecule has 3 nitrogen and oxygen atoms in total. The van der Waals surface area contributed by atoms with Crippen molar-refractivity contribution in [3.8, 4) is 0 Å². The van der Waals surface area contributed by atoms with Crippen LogP contribution in [0.15, 0.2) is 22.7 Å². The molecule has 0 spiro atoms. The number of amides is 1. The van der Waals surface area contributed by atoms with Gasteiger partial charge < -0.3 is 10.6 Å². The minimum absolute atomic E-state index is 0. The summed E-state index contributed by atoms with van der Waals surface area (Å²) < 4.78 is 1.97. The Labute approximate surface area is 129 Å². The maximum absolute atomic E-state index is 11.9. The van der Waals surface area contributed by atoms with Gasteiger partial charge in [-0.2, -0.15) is 0 Å². The number of carbonyl (C=O) groups excluding carboxylic acids is 1. The second kappa shape index (κ2) is 6.92. The SMILES string of the molecule is Cl.O=C(NCC1CNC1)c1ccc(Br)cc1I. The van der Waals surface area contributed by atoms with Crippen LogP contribution in [0.5, 0.6) is 0 Å². The van der Waals surface area contributed by atoms with E-state index in [4.69, 9.17) is 0 Å². The quantitative estimate of drug-likeness (QED) is 0.722. The summed E-state index contributed by atoms with van der Waals surface area (Å²) in [6.07, 6.45) is 0. The van der Waals surface area contributed by atoms with Crippen LogP contribution in [0.1, 0.15) is 10.4 Å². The zero-order valence-electron chi connectivity index (χ0n) is 9.00. The highest BCUT2D eigenvalue weighted by atomic mass is 127. The highest BCUT2D eigenvalue weighted by Crippen LogP contribution is 2.18. The lowest BCUT2D eigenvalue weighted by atomic mass is 10.0. The van der Waals surface area contributed by atoms with Crippen molar-refractivity contribution >= 4 is 56.8 Å². The van der Waals surface area contributed by atoms with E-state index in [-0.39, 0.29) is 18.3 Å². The summed E-state index contributed by atoms with van der Waals surface area (Å²) in [5, 5.41) is 6.15. The van der Waals surface area contributed by atoms with Crippen LogP contribution in [0.2, 0.25) is 0 Å². The lowest BCUT2D eigenvalue weighted by Gasteiger charge is -2.27. The predicted octanol–water partition coefficient (Wildman–Crippen LogP) is 2.42. The van der Waals surface area contributed by atoms with Crippen LogP contribution < -0.4 is 10.6 Å². The van der Waals surface area contributed by atoms with Gasteiger partial charge in [0.2, 0.25) is 0 Å². The van der Waals surface area contributed by atoms with Crippen LogP contribution >= 0.6 is 50.9 Å². The molecule has 17 heavy (non-hydrogen) atoms. The second-order valence-electron chi connectivity index (χ2n) is 3.86. The van der Waals surface area contributed by atoms with Gasteiger partial charge in [-0.25, -0.2) is 0 Å². The first-order valence-corrected chi connectivity index (χ1v) is 6.98. The van der Waals surface area contributed by atoms with E-state index < -0.39 is 0 Å². The van der Waals surface area contributed by atoms with Gasteiger partial charge in [0.1, 0.15) is 0 Å². The molecule has 0 saturated carbocycles. The molecule has 2 rings (SSSR count). The van der Waals surface area contributed by atoms with Gasteiger partial charge in [0.25, 0.3) is 5.91 Å². The van der Waals surface area contributed by atoms with E-state index in [1.165, 1.54) is 0 Å². The molecule has 1 heterocycles. The van der Waals surface area contributed by atoms with E-state index in [1.807, 2.05) is 18.2 Å². The molecule has 1 amide bonds. The van der Waals surface area contributed by atoms with Crippen molar-refractivity contribution in [1.82, 2.24) is 10.6 Å². The monoisotopic (exact) mass is 430 g/mol. The topological polar surface area (TPSA) is 41.1 Å². The highest BCUT2D eigenvalue weighted by molar-refractivity contribution is 14.1. The molecule has 0 atom stereocenters. The van der Waals surface area contributed by atoms with E-state index in [1.54, 1.807) is 0 Å². The van der Waals surface area contributed by atoms with Crippen molar-refractivity contribution in [2.75, 3.05) is 19.6 Å². The molecule has 0 unspecified atom stereocenters. The molecule has 2 N–H and O–H groups in total. The first-order chi connectivity index (χ1) is 7.66. The van der Waals surface area contributed by atoms with Crippen molar-refractivity contribution < 1.29 is 4.79 Å². The van der Waals surface area contributed by atoms with Crippen molar-refractivity contribution in [2.24, 2.45) is 5.92 Å². The molecule has 1 aliphatic heterocycles. The summed E-state index contributed by atoms with van der Waals surface area (Å²) in [4.78, 5) is 11.9. The van der Waals surface area contributed by atoms with Gasteiger partial charge in [-0.1, -0.05) is 15.9 Å². The molecular weight excluding hydrogens is 418 g/mol. The average Bonchev–Trinajstić information content (AvgIpc) is 2.14. The van der Waals surface area contributed by atoms with E-state index >= 15 is 0 Å². The predicted molar refractivity (Wildman–Crippen MR) is 82.8 cm³/mol. The Morgan fingerprint density at radius 1 is 1.53 bits per heavy atom. The molecule has 1 saturated heterocycles. The largest absolute Gasteiger partial charge is 0.352 e. The smallest absolute Gasteiger partial charge is 0.252 e. The van der Waals surface area contributed by atoms with E-state index in [9.17, 15) is 4.79 Å². The molecule has 1 aromatic rings. The molecule has 1 aliphatic rings. The minimum atomic E-state index is 0. The van der Waals surface area contributed by atoms with E-state index in [2.05, 4.69) is 49.2 Å². The number of halogens is 3. The normalized spacial score (nSPS) is 14.7. The van der Waals surface area contributed by atoms with Crippen molar-refractivity contribution in [2.45, 2.75) is 0 Å². The molecule has 94 valence electrons. The lowest BCUT2D eigenvalue weighted by molar-refractivity contribution is 0.0941. The molecule has 1 aromatic carbocycles. The highest BCUT2D eigenvalue weighted by Gasteiger charge is 2.18. The van der Waals surface area contributed by atoms with Gasteiger partial charge in [0.05, 0.1) is 5.56 Å². The number of hydrogen-bond donors (Lipinski definition) is 2. The van der Waals surface area contributed by atoms with Crippen LogP contribution in [-0.2, 0) is 0 Å². The third kappa shape index (κ3) is 4.08. The van der Waals surface area contributed by atoms with Crippen LogP contribution in [0.3, 0.4) is 0 Å². The second-order valence-corrected chi connectivity index (χ2v) is 5.94. The van der Waals surface area contributed by atoms with Gasteiger partial charge in [-0.15, -0.1) is 12.4 Å². The van der Waals surface area contributed by atoms with E-state index in [0.717, 1.165) is 33.2 Å². The average molecular weight is 431 g/mol. The fraction of sp³-hybridized carbons (Fsp3) is 0.364. The molecular formula is C11H13BrClIN2O. The minimum Gasteiger partial charge on any atom is -0.352 e. The summed E-state index contributed by atoms with van der Waals surface area (Å²) in [6, 6.07) is 5.68. The molecule has 0 bridgehead atoms. The number of nitrogens with one attached hydrogen (secondary N) is 2. The standard InChI is InChI=1S/C11H12BrIN2O.ClH/c12-8-1-2-9(10(13)3-8)11(16)15-6-7-4-14-5-7;/h1-3,7,14H,4-6H2,(H,15,16);1H. The number of carbonyl (C=O) groups is 1. The van der Waals surface area contributed by atoms with Crippen LogP contribution in [-0.4, -0.2) is 25.5 Å². The molecule has 6 heteroatoms. The van der Waals surface area contributed by atoms with Gasteiger partial charge in [-0.3, -0.25) is 4.79 Å². The zero-order valence-corrected chi connectivity index (χ0v) is 13.6. The van der Waals surface area contributed by atoms with E-state index in [0.29, 0.717) is 5.92 Å². The number of rotatable bonds is 3. The van der Waals surface area contributed by atoms with Crippen LogP contribution in [0.4, 0.5) is 0 Å². The zero-order chi connectivity index (χ0) is 11.5. The first kappa shape index (κ1) is 15.2. The third-order valence-electron chi connectivity index (χ3n) is 2.59. The summed E-state index contributed by atoms with van der Waals surface area (Å²) in [6.45, 7) is 2.79. The maximum Gasteiger partial charge on any atom is 0.252 e. The van der Waals surface area contributed by atoms with Crippen LogP contribution in [0, 0.1) is 9.49 Å². The van der Waals surface area contributed by atoms with Gasteiger partial charge >= 0.3 is 0 Å². The van der Waals surface area contributed by atoms with Gasteiger partial charge in [-0.05, 0) is 40.8 Å². The summed E-state index contributed by atoms with van der Waals surface area (Å²) in [5.41, 5.74) is 0.746. The summed E-state index contributed by atoms with van der Waals surface area (Å²) in [5.74, 6) is 0.612. The first-order valence-electron chi connectivity index (χ1n) is 5.11. The van der Waals surface area contributed by atoms with Crippen molar-refractivity contribution in [1.29, 1.82) is 0 Å².